The average Bonchev–Trinajstić information content (AvgIpc) is 3.86. The van der Waals surface area contributed by atoms with E-state index in [-0.39, 0.29) is 54.1 Å². The molecule has 4 aromatic rings. The van der Waals surface area contributed by atoms with Gasteiger partial charge in [-0.15, -0.1) is 0 Å². The molecule has 5 atom stereocenters. The maximum Gasteiger partial charge on any atom is 0.293 e. The zero-order valence-corrected chi connectivity index (χ0v) is 43.3. The predicted molar refractivity (Wildman–Crippen MR) is 275 cm³/mol. The number of methoxy groups -OCH3 is 1. The van der Waals surface area contributed by atoms with Crippen molar-refractivity contribution in [1.29, 1.82) is 0 Å². The Hall–Kier alpha value is -5.70. The second-order valence-corrected chi connectivity index (χ2v) is 19.2. The number of aldehydes is 1. The molecule has 2 aliphatic rings. The van der Waals surface area contributed by atoms with Crippen LogP contribution in [0.5, 0.6) is 0 Å². The molecule has 2 saturated heterocycles. The van der Waals surface area contributed by atoms with Gasteiger partial charge < -0.3 is 29.2 Å². The van der Waals surface area contributed by atoms with E-state index in [1.165, 1.54) is 6.08 Å². The summed E-state index contributed by atoms with van der Waals surface area (Å²) >= 11 is 0. The van der Waals surface area contributed by atoms with Crippen LogP contribution in [-0.2, 0) is 52.8 Å². The van der Waals surface area contributed by atoms with Crippen LogP contribution in [0.25, 0.3) is 33.3 Å². The number of carbonyl (C=O) groups is 5. The molecule has 2 aromatic heterocycles. The van der Waals surface area contributed by atoms with Crippen LogP contribution in [0.3, 0.4) is 0 Å². The molecule has 0 bridgehead atoms. The van der Waals surface area contributed by atoms with Crippen LogP contribution in [0.1, 0.15) is 105 Å². The molecule has 0 aliphatic carbocycles. The number of likely N-dealkylation sites (N-methyl/N-ethyl adjacent to an activating group) is 1. The zero-order valence-electron chi connectivity index (χ0n) is 43.3. The lowest BCUT2D eigenvalue weighted by Crippen LogP contribution is -2.59. The molecule has 0 saturated carbocycles. The van der Waals surface area contributed by atoms with Gasteiger partial charge in [0.15, 0.2) is 0 Å². The number of aromatic nitrogens is 2. The maximum absolute atomic E-state index is 14.4. The van der Waals surface area contributed by atoms with Gasteiger partial charge in [-0.05, 0) is 112 Å². The summed E-state index contributed by atoms with van der Waals surface area (Å²) in [7, 11) is 5.44. The van der Waals surface area contributed by atoms with Gasteiger partial charge in [-0.2, -0.15) is 0 Å². The molecule has 3 amide bonds. The summed E-state index contributed by atoms with van der Waals surface area (Å²) in [5.41, 5.74) is 10.8. The van der Waals surface area contributed by atoms with Gasteiger partial charge in [-0.25, -0.2) is 5.43 Å². The van der Waals surface area contributed by atoms with Gasteiger partial charge in [-0.1, -0.05) is 78.5 Å². The predicted octanol–water partition coefficient (Wildman–Crippen LogP) is 8.21. The number of rotatable bonds is 19. The lowest BCUT2D eigenvalue weighted by molar-refractivity contribution is -0.145. The standard InChI is InChI=1S/C50H69N7O6.C3H4O.C2H6/c1-11-56-43-20-19-37(27-40(43)41(28-50(6,7)30-63-31-58)46(56)39-18-15-21-51-44(39)34(5)62-10)36-17-14-16-35(25-36)26-42(49(61)57-23-13-12-22-52-57)53-47(59)45(32(2)3)55(9)48(60)38-24-33(4)54(8)29-38;1-2-3-4;1-2/h14-21,25,27,31-34,38,42,45,52H,11-13,22-24,26,28-30H2,1-10H3,(H,53,59);2-3H,1H2;1-2H3. The van der Waals surface area contributed by atoms with E-state index in [1.54, 1.807) is 30.3 Å². The van der Waals surface area contributed by atoms with Gasteiger partial charge in [0.1, 0.15) is 18.4 Å². The van der Waals surface area contributed by atoms with E-state index in [4.69, 9.17) is 19.3 Å². The second-order valence-electron chi connectivity index (χ2n) is 19.2. The van der Waals surface area contributed by atoms with Crippen molar-refractivity contribution in [2.75, 3.05) is 47.4 Å². The molecule has 376 valence electrons. The van der Waals surface area contributed by atoms with Crippen molar-refractivity contribution in [1.82, 2.24) is 35.1 Å². The Morgan fingerprint density at radius 1 is 1.04 bits per heavy atom. The number of carbonyl (C=O) groups excluding carboxylic acids is 5. The molecule has 0 spiro atoms. The highest BCUT2D eigenvalue weighted by atomic mass is 16.5. The lowest BCUT2D eigenvalue weighted by Gasteiger charge is -2.35. The minimum absolute atomic E-state index is 0.0434. The number of nitrogens with one attached hydrogen (secondary N) is 2. The van der Waals surface area contributed by atoms with Crippen LogP contribution in [-0.4, -0.2) is 120 Å². The van der Waals surface area contributed by atoms with Gasteiger partial charge in [0.25, 0.3) is 12.4 Å². The Morgan fingerprint density at radius 3 is 2.35 bits per heavy atom. The fraction of sp³-hybridized carbons (Fsp3) is 0.527. The summed E-state index contributed by atoms with van der Waals surface area (Å²) in [4.78, 5) is 71.4. The Labute approximate surface area is 411 Å². The van der Waals surface area contributed by atoms with E-state index in [0.29, 0.717) is 51.4 Å². The topological polar surface area (TPSA) is 155 Å². The molecule has 14 nitrogen and oxygen atoms in total. The van der Waals surface area contributed by atoms with E-state index in [2.05, 4.69) is 90.9 Å². The molecule has 2 fully saturated rings. The van der Waals surface area contributed by atoms with E-state index in [9.17, 15) is 19.2 Å². The highest BCUT2D eigenvalue weighted by Gasteiger charge is 2.39. The highest BCUT2D eigenvalue weighted by molar-refractivity contribution is 5.96. The van der Waals surface area contributed by atoms with Crippen molar-refractivity contribution in [3.05, 3.63) is 90.3 Å². The first-order valence-corrected chi connectivity index (χ1v) is 24.7. The van der Waals surface area contributed by atoms with Crippen molar-refractivity contribution in [3.63, 3.8) is 0 Å². The SMILES string of the molecule is C=CC=O.CC.CCn1c(-c2cccnc2C(C)OC)c(CC(C)(C)COC=O)c2cc(-c3cccc(CC(NC(=O)C(C(C)C)N(C)C(=O)C4CC(C)N(C)C4)C(=O)N4CCCCN4)c3)ccc21. The van der Waals surface area contributed by atoms with Crippen molar-refractivity contribution in [3.8, 4) is 22.4 Å². The highest BCUT2D eigenvalue weighted by Crippen LogP contribution is 2.42. The number of hydrogen-bond acceptors (Lipinski definition) is 10. The average molecular weight is 950 g/mol. The van der Waals surface area contributed by atoms with Gasteiger partial charge in [0, 0.05) is 80.9 Å². The third-order valence-electron chi connectivity index (χ3n) is 13.2. The van der Waals surface area contributed by atoms with Gasteiger partial charge >= 0.3 is 0 Å². The zero-order chi connectivity index (χ0) is 51.0. The summed E-state index contributed by atoms with van der Waals surface area (Å²) in [5, 5.41) is 5.87. The molecular formula is C55H79N7O7. The van der Waals surface area contributed by atoms with Crippen LogP contribution in [0.4, 0.5) is 0 Å². The normalized spacial score (nSPS) is 17.4. The first-order valence-electron chi connectivity index (χ1n) is 24.7. The number of allylic oxidation sites excluding steroid dienone is 1. The molecule has 2 aliphatic heterocycles. The Morgan fingerprint density at radius 2 is 1.75 bits per heavy atom. The molecule has 2 N–H and O–H groups in total. The summed E-state index contributed by atoms with van der Waals surface area (Å²) in [6.45, 7) is 24.8. The quantitative estimate of drug-likeness (QED) is 0.0694. The minimum atomic E-state index is -0.866. The van der Waals surface area contributed by atoms with Crippen LogP contribution in [0, 0.1) is 17.3 Å². The third kappa shape index (κ3) is 14.0. The number of hydrogen-bond donors (Lipinski definition) is 2. The molecule has 5 unspecified atom stereocenters. The first kappa shape index (κ1) is 55.9. The van der Waals surface area contributed by atoms with Crippen LogP contribution in [0.2, 0.25) is 0 Å². The fourth-order valence-corrected chi connectivity index (χ4v) is 9.62. The number of likely N-dealkylation sites (tertiary alicyclic amines) is 1. The summed E-state index contributed by atoms with van der Waals surface area (Å²) in [5.74, 6) is -0.937. The number of ether oxygens (including phenoxy) is 2. The Bertz CT molecular complexity index is 2340. The van der Waals surface area contributed by atoms with E-state index in [0.717, 1.165) is 69.4 Å². The first-order chi connectivity index (χ1) is 33.0. The number of benzene rings is 2. The number of nitrogens with zero attached hydrogens (tertiary/aromatic N) is 5. The summed E-state index contributed by atoms with van der Waals surface area (Å²) < 4.78 is 13.5. The van der Waals surface area contributed by atoms with Crippen molar-refractivity contribution < 1.29 is 33.4 Å². The van der Waals surface area contributed by atoms with Gasteiger partial charge in [0.05, 0.1) is 30.0 Å². The second kappa shape index (κ2) is 26.3. The Balaban J connectivity index is 0.00000164. The number of pyridine rings is 1. The number of amides is 3. The molecule has 6 rings (SSSR count). The van der Waals surface area contributed by atoms with Crippen LogP contribution >= 0.6 is 0 Å². The number of hydrazine groups is 1. The summed E-state index contributed by atoms with van der Waals surface area (Å²) in [6.07, 6.45) is 6.87. The Kier molecular flexibility index (Phi) is 21.3. The van der Waals surface area contributed by atoms with E-state index in [1.807, 2.05) is 59.9 Å². The molecular weight excluding hydrogens is 871 g/mol. The van der Waals surface area contributed by atoms with Crippen molar-refractivity contribution in [2.24, 2.45) is 17.3 Å². The molecule has 69 heavy (non-hydrogen) atoms. The molecule has 14 heteroatoms. The monoisotopic (exact) mass is 950 g/mol. The van der Waals surface area contributed by atoms with Crippen molar-refractivity contribution in [2.45, 2.75) is 125 Å². The van der Waals surface area contributed by atoms with Crippen molar-refractivity contribution >= 4 is 41.4 Å². The molecule has 4 heterocycles. The molecule has 2 aromatic carbocycles. The fourth-order valence-electron chi connectivity index (χ4n) is 9.62. The van der Waals surface area contributed by atoms with Crippen LogP contribution in [0.15, 0.2) is 73.4 Å². The lowest BCUT2D eigenvalue weighted by atomic mass is 9.84. The summed E-state index contributed by atoms with van der Waals surface area (Å²) in [6, 6.07) is 17.4. The third-order valence-corrected chi connectivity index (χ3v) is 13.2. The minimum Gasteiger partial charge on any atom is -0.467 e. The maximum atomic E-state index is 14.4. The van der Waals surface area contributed by atoms with E-state index >= 15 is 0 Å². The van der Waals surface area contributed by atoms with E-state index < -0.39 is 12.1 Å². The smallest absolute Gasteiger partial charge is 0.293 e. The largest absolute Gasteiger partial charge is 0.467 e. The number of aryl methyl sites for hydroxylation is 1. The van der Waals surface area contributed by atoms with Gasteiger partial charge in [0.2, 0.25) is 11.8 Å². The molecule has 0 radical (unpaired) electrons. The number of fused-ring (bicyclic) bond motifs is 1. The van der Waals surface area contributed by atoms with Crippen LogP contribution < -0.4 is 10.7 Å². The van der Waals surface area contributed by atoms with Gasteiger partial charge in [-0.3, -0.25) is 34.0 Å².